The van der Waals surface area contributed by atoms with E-state index < -0.39 is 5.82 Å². The minimum absolute atomic E-state index is 0.0116. The van der Waals surface area contributed by atoms with Crippen molar-refractivity contribution in [3.8, 4) is 0 Å². The summed E-state index contributed by atoms with van der Waals surface area (Å²) in [5, 5.41) is 15.5. The predicted molar refractivity (Wildman–Crippen MR) is 95.4 cm³/mol. The van der Waals surface area contributed by atoms with Crippen LogP contribution in [0.1, 0.15) is 6.92 Å². The van der Waals surface area contributed by atoms with Crippen LogP contribution in [-0.4, -0.2) is 27.7 Å². The van der Waals surface area contributed by atoms with Gasteiger partial charge in [0.1, 0.15) is 5.82 Å². The SMILES string of the molecule is CC(CO)Nc1nc2c3ccc(F)cc3c3c(=O)[nH]ccc3c2s1. The molecule has 0 amide bonds. The summed E-state index contributed by atoms with van der Waals surface area (Å²) in [6.45, 7) is 1.84. The Morgan fingerprint density at radius 3 is 2.96 bits per heavy atom. The second-order valence-electron chi connectivity index (χ2n) is 5.71. The van der Waals surface area contributed by atoms with Crippen LogP contribution in [0.4, 0.5) is 9.52 Å². The summed E-state index contributed by atoms with van der Waals surface area (Å²) < 4.78 is 14.6. The lowest BCUT2D eigenvalue weighted by atomic mass is 10.0. The van der Waals surface area contributed by atoms with Gasteiger partial charge in [0.05, 0.1) is 22.2 Å². The number of hydrogen-bond donors (Lipinski definition) is 3. The molecule has 4 rings (SSSR count). The number of nitrogens with zero attached hydrogens (tertiary/aromatic N) is 1. The molecule has 0 bridgehead atoms. The fourth-order valence-corrected chi connectivity index (χ4v) is 3.99. The zero-order valence-corrected chi connectivity index (χ0v) is 13.6. The molecule has 0 spiro atoms. The van der Waals surface area contributed by atoms with Crippen LogP contribution in [0.25, 0.3) is 31.8 Å². The van der Waals surface area contributed by atoms with Gasteiger partial charge in [-0.25, -0.2) is 9.37 Å². The molecule has 24 heavy (non-hydrogen) atoms. The van der Waals surface area contributed by atoms with Crippen LogP contribution in [0.15, 0.2) is 35.3 Å². The first-order valence-electron chi connectivity index (χ1n) is 7.49. The van der Waals surface area contributed by atoms with Crippen molar-refractivity contribution < 1.29 is 9.50 Å². The molecule has 2 heterocycles. The van der Waals surface area contributed by atoms with Gasteiger partial charge in [-0.1, -0.05) is 11.3 Å². The molecule has 0 fully saturated rings. The van der Waals surface area contributed by atoms with Crippen molar-refractivity contribution in [1.29, 1.82) is 0 Å². The first-order valence-corrected chi connectivity index (χ1v) is 8.30. The van der Waals surface area contributed by atoms with Crippen molar-refractivity contribution >= 4 is 48.2 Å². The minimum atomic E-state index is -0.395. The Morgan fingerprint density at radius 2 is 2.17 bits per heavy atom. The average molecular weight is 343 g/mol. The second kappa shape index (κ2) is 5.54. The molecule has 2 aromatic carbocycles. The van der Waals surface area contributed by atoms with Crippen LogP contribution in [0, 0.1) is 5.82 Å². The van der Waals surface area contributed by atoms with Gasteiger partial charge in [0.25, 0.3) is 5.56 Å². The van der Waals surface area contributed by atoms with Crippen molar-refractivity contribution in [2.45, 2.75) is 13.0 Å². The Bertz CT molecular complexity index is 1140. The summed E-state index contributed by atoms with van der Waals surface area (Å²) >= 11 is 1.42. The van der Waals surface area contributed by atoms with E-state index in [-0.39, 0.29) is 18.2 Å². The molecule has 0 aliphatic heterocycles. The number of aromatic nitrogens is 2. The van der Waals surface area contributed by atoms with E-state index in [1.54, 1.807) is 18.3 Å². The number of hydrogen-bond acceptors (Lipinski definition) is 5. The van der Waals surface area contributed by atoms with Gasteiger partial charge in [0.2, 0.25) is 0 Å². The highest BCUT2D eigenvalue weighted by Gasteiger charge is 2.16. The Morgan fingerprint density at radius 1 is 1.33 bits per heavy atom. The van der Waals surface area contributed by atoms with Gasteiger partial charge in [0, 0.05) is 28.4 Å². The van der Waals surface area contributed by atoms with E-state index in [1.165, 1.54) is 23.5 Å². The molecular formula is C17H14FN3O2S. The largest absolute Gasteiger partial charge is 0.394 e. The smallest absolute Gasteiger partial charge is 0.256 e. The lowest BCUT2D eigenvalue weighted by Gasteiger charge is -2.07. The molecule has 1 unspecified atom stereocenters. The number of thiazole rings is 1. The zero-order chi connectivity index (χ0) is 16.8. The van der Waals surface area contributed by atoms with Crippen LogP contribution >= 0.6 is 11.3 Å². The molecule has 122 valence electrons. The molecule has 0 radical (unpaired) electrons. The number of halogens is 1. The fourth-order valence-electron chi connectivity index (χ4n) is 2.87. The summed E-state index contributed by atoms with van der Waals surface area (Å²) in [6, 6.07) is 6.06. The number of benzene rings is 2. The first kappa shape index (κ1) is 15.0. The third kappa shape index (κ3) is 2.24. The maximum Gasteiger partial charge on any atom is 0.256 e. The van der Waals surface area contributed by atoms with Gasteiger partial charge in [-0.3, -0.25) is 4.79 Å². The van der Waals surface area contributed by atoms with E-state index in [9.17, 15) is 14.3 Å². The lowest BCUT2D eigenvalue weighted by Crippen LogP contribution is -2.18. The van der Waals surface area contributed by atoms with Crippen molar-refractivity contribution in [3.63, 3.8) is 0 Å². The van der Waals surface area contributed by atoms with E-state index in [1.807, 2.05) is 6.92 Å². The van der Waals surface area contributed by atoms with Crippen LogP contribution in [0.2, 0.25) is 0 Å². The quantitative estimate of drug-likeness (QED) is 0.499. The third-order valence-corrected chi connectivity index (χ3v) is 5.00. The Balaban J connectivity index is 2.16. The number of aliphatic hydroxyl groups excluding tert-OH is 1. The summed E-state index contributed by atoms with van der Waals surface area (Å²) in [6.07, 6.45) is 1.58. The van der Waals surface area contributed by atoms with Gasteiger partial charge in [-0.15, -0.1) is 0 Å². The molecule has 7 heteroatoms. The normalized spacial score (nSPS) is 13.0. The highest BCUT2D eigenvalue weighted by molar-refractivity contribution is 7.23. The summed E-state index contributed by atoms with van der Waals surface area (Å²) in [7, 11) is 0. The summed E-state index contributed by atoms with van der Waals surface area (Å²) in [5.74, 6) is -0.395. The number of aromatic amines is 1. The molecule has 0 saturated heterocycles. The van der Waals surface area contributed by atoms with Crippen molar-refractivity contribution in [2.75, 3.05) is 11.9 Å². The van der Waals surface area contributed by atoms with Crippen molar-refractivity contribution in [3.05, 3.63) is 46.6 Å². The molecule has 4 aromatic rings. The van der Waals surface area contributed by atoms with Gasteiger partial charge in [-0.2, -0.15) is 0 Å². The van der Waals surface area contributed by atoms with E-state index in [0.29, 0.717) is 15.9 Å². The van der Waals surface area contributed by atoms with Crippen molar-refractivity contribution in [2.24, 2.45) is 0 Å². The number of fused-ring (bicyclic) bond motifs is 6. The predicted octanol–water partition coefficient (Wildman–Crippen LogP) is 3.22. The van der Waals surface area contributed by atoms with E-state index in [2.05, 4.69) is 15.3 Å². The molecule has 5 nitrogen and oxygen atoms in total. The Labute approximate surface area is 139 Å². The number of anilines is 1. The highest BCUT2D eigenvalue weighted by atomic mass is 32.1. The maximum absolute atomic E-state index is 13.7. The number of aliphatic hydroxyl groups is 1. The van der Waals surface area contributed by atoms with Gasteiger partial charge >= 0.3 is 0 Å². The molecule has 0 saturated carbocycles. The van der Waals surface area contributed by atoms with Gasteiger partial charge in [-0.05, 0) is 31.2 Å². The van der Waals surface area contributed by atoms with E-state index in [4.69, 9.17) is 0 Å². The summed E-state index contributed by atoms with van der Waals surface area (Å²) in [4.78, 5) is 19.6. The van der Waals surface area contributed by atoms with Crippen molar-refractivity contribution in [1.82, 2.24) is 9.97 Å². The molecule has 0 aliphatic carbocycles. The van der Waals surface area contributed by atoms with Crippen LogP contribution in [0.3, 0.4) is 0 Å². The molecule has 0 aliphatic rings. The van der Waals surface area contributed by atoms with Crippen LogP contribution in [0.5, 0.6) is 0 Å². The number of nitrogens with one attached hydrogen (secondary N) is 2. The fraction of sp³-hybridized carbons (Fsp3) is 0.176. The zero-order valence-electron chi connectivity index (χ0n) is 12.8. The number of pyridine rings is 1. The monoisotopic (exact) mass is 343 g/mol. The van der Waals surface area contributed by atoms with E-state index >= 15 is 0 Å². The number of rotatable bonds is 3. The molecule has 2 aromatic heterocycles. The first-order chi connectivity index (χ1) is 11.6. The standard InChI is InChI=1S/C17H14FN3O2S/c1-8(7-22)20-17-21-14-10-3-2-9(18)6-12(10)13-11(15(14)24-17)4-5-19-16(13)23/h2-6,8,22H,7H2,1H3,(H,19,23)(H,20,21). The topological polar surface area (TPSA) is 78.0 Å². The van der Waals surface area contributed by atoms with E-state index in [0.717, 1.165) is 21.0 Å². The Kier molecular flexibility index (Phi) is 3.47. The minimum Gasteiger partial charge on any atom is -0.394 e. The lowest BCUT2D eigenvalue weighted by molar-refractivity contribution is 0.281. The highest BCUT2D eigenvalue weighted by Crippen LogP contribution is 2.38. The summed E-state index contributed by atoms with van der Waals surface area (Å²) in [5.41, 5.74) is 0.470. The average Bonchev–Trinajstić information content (AvgIpc) is 2.98. The molecular weight excluding hydrogens is 329 g/mol. The third-order valence-electron chi connectivity index (χ3n) is 3.98. The van der Waals surface area contributed by atoms with Gasteiger partial charge in [0.15, 0.2) is 5.13 Å². The number of H-pyrrole nitrogens is 1. The Hall–Kier alpha value is -2.51. The van der Waals surface area contributed by atoms with Crippen LogP contribution < -0.4 is 10.9 Å². The molecule has 3 N–H and O–H groups in total. The maximum atomic E-state index is 13.7. The molecule has 1 atom stereocenters. The van der Waals surface area contributed by atoms with Crippen LogP contribution in [-0.2, 0) is 0 Å². The van der Waals surface area contributed by atoms with Gasteiger partial charge < -0.3 is 15.4 Å². The second-order valence-corrected chi connectivity index (χ2v) is 6.71.